The Morgan fingerprint density at radius 3 is 0.421 bits per heavy atom. The summed E-state index contributed by atoms with van der Waals surface area (Å²) in [5, 5.41) is 0. The molecule has 0 spiro atoms. The molecule has 770 valence electrons. The third-order valence-corrected chi connectivity index (χ3v) is 29.9. The van der Waals surface area contributed by atoms with E-state index in [2.05, 4.69) is 283 Å². The zero-order valence-electron chi connectivity index (χ0n) is 90.4. The van der Waals surface area contributed by atoms with E-state index in [0.717, 1.165) is 146 Å². The Balaban J connectivity index is 0.000000268. The second-order valence-corrected chi connectivity index (χ2v) is 43.5. The summed E-state index contributed by atoms with van der Waals surface area (Å²) in [6.07, 6.45) is 90.8. The van der Waals surface area contributed by atoms with Crippen LogP contribution in [0.4, 0.5) is 0 Å². The van der Waals surface area contributed by atoms with Crippen LogP contribution >= 0.6 is 63.1 Å². The molecule has 0 bridgehead atoms. The van der Waals surface area contributed by atoms with Gasteiger partial charge in [0.25, 0.3) is 0 Å². The third kappa shape index (κ3) is 51.3. The maximum Gasteiger partial charge on any atom is 0.160 e. The fraction of sp³-hybridized carbons (Fsp3) is 0.600. The van der Waals surface area contributed by atoms with Gasteiger partial charge in [0, 0.05) is 114 Å². The molecule has 10 nitrogen and oxygen atoms in total. The molecule has 0 amide bonds. The van der Waals surface area contributed by atoms with Crippen LogP contribution in [0.3, 0.4) is 0 Å². The van der Waals surface area contributed by atoms with Crippen molar-refractivity contribution in [2.75, 3.05) is 0 Å². The Kier molecular flexibility index (Phi) is 66.1. The number of nitrogens with zero attached hydrogens (tertiary/aromatic N) is 10. The maximum absolute atomic E-state index is 4.70. The molecule has 0 fully saturated rings. The molecule has 0 radical (unpaired) electrons. The average Bonchev–Trinajstić information content (AvgIpc) is 0.848. The molecule has 0 aliphatic rings. The normalized spacial score (nSPS) is 12.3. The van der Waals surface area contributed by atoms with E-state index in [9.17, 15) is 0 Å². The molecule has 0 aliphatic carbocycles. The summed E-state index contributed by atoms with van der Waals surface area (Å²) < 4.78 is 0. The SMILES string of the molecule is CCCCCCCCCCCCc1cnc(-c2ccc(CC(C)CC)cc2S)nc1.CCCCCCCCCCCc1cnc(-c2ccc(CC(C)CC)cc2S)nc1.CCCCCCCCCCc1cnc(-c2ccc(CC(C)CC)cc2S)nc1.CCCCCCCCCc1cnc(-c2ccc(CC(C)CC)cc2S)nc1.CCCCCCCCc1cnc(-c2ccc(CC(C)CC)cc2S)nc1. The maximum atomic E-state index is 4.70. The Hall–Kier alpha value is -6.75. The van der Waals surface area contributed by atoms with Crippen LogP contribution in [-0.4, -0.2) is 49.8 Å². The van der Waals surface area contributed by atoms with Crippen molar-refractivity contribution in [3.63, 3.8) is 0 Å². The summed E-state index contributed by atoms with van der Waals surface area (Å²) in [5.74, 6) is 7.38. The first-order chi connectivity index (χ1) is 68.2. The van der Waals surface area contributed by atoms with Crippen LogP contribution in [-0.2, 0) is 64.2 Å². The van der Waals surface area contributed by atoms with Gasteiger partial charge >= 0.3 is 0 Å². The number of unbranched alkanes of at least 4 members (excludes halogenated alkanes) is 35. The lowest BCUT2D eigenvalue weighted by Gasteiger charge is -2.11. The molecule has 5 heterocycles. The van der Waals surface area contributed by atoms with Crippen LogP contribution in [0.5, 0.6) is 0 Å². The summed E-state index contributed by atoms with van der Waals surface area (Å²) >= 11 is 23.4. The Morgan fingerprint density at radius 2 is 0.300 bits per heavy atom. The van der Waals surface area contributed by atoms with Crippen molar-refractivity contribution >= 4 is 63.1 Å². The van der Waals surface area contributed by atoms with E-state index < -0.39 is 0 Å². The predicted octanol–water partition coefficient (Wildman–Crippen LogP) is 38.5. The Labute approximate surface area is 882 Å². The zero-order chi connectivity index (χ0) is 101. The molecule has 10 aromatic rings. The third-order valence-electron chi connectivity index (χ3n) is 28.0. The predicted molar refractivity (Wildman–Crippen MR) is 621 cm³/mol. The molecule has 0 saturated heterocycles. The zero-order valence-corrected chi connectivity index (χ0v) is 94.9. The van der Waals surface area contributed by atoms with Crippen molar-refractivity contribution in [1.29, 1.82) is 0 Å². The van der Waals surface area contributed by atoms with E-state index in [0.29, 0.717) is 29.6 Å². The van der Waals surface area contributed by atoms with E-state index in [1.165, 1.54) is 345 Å². The van der Waals surface area contributed by atoms with Crippen LogP contribution < -0.4 is 0 Å². The molecule has 15 heteroatoms. The molecule has 0 saturated carbocycles. The molecule has 5 aromatic carbocycles. The molecule has 5 unspecified atom stereocenters. The number of aryl methyl sites for hydroxylation is 5. The highest BCUT2D eigenvalue weighted by Gasteiger charge is 2.17. The minimum absolute atomic E-state index is 0.699. The molecule has 0 N–H and O–H groups in total. The minimum Gasteiger partial charge on any atom is -0.236 e. The van der Waals surface area contributed by atoms with Crippen molar-refractivity contribution in [3.05, 3.63) is 209 Å². The summed E-state index contributed by atoms with van der Waals surface area (Å²) in [6.45, 7) is 34.0. The van der Waals surface area contributed by atoms with Crippen LogP contribution in [0.2, 0.25) is 0 Å². The summed E-state index contributed by atoms with van der Waals surface area (Å²) in [6, 6.07) is 32.4. The van der Waals surface area contributed by atoms with Gasteiger partial charge in [-0.25, -0.2) is 49.8 Å². The van der Waals surface area contributed by atoms with Crippen molar-refractivity contribution in [1.82, 2.24) is 49.8 Å². The number of thiol groups is 5. The minimum atomic E-state index is 0.699. The molecule has 5 aromatic heterocycles. The van der Waals surface area contributed by atoms with Gasteiger partial charge in [-0.2, -0.15) is 0 Å². The standard InChI is InChI=1S/C27H42N2S.C26H40N2S.C25H38N2S.C24H36N2S.C23H34N2S/c1-4-6-7-8-9-10-11-12-13-14-15-24-20-28-27(29-21-24)25-17-16-23(19-26(25)30)18-22(3)5-2;1-4-6-7-8-9-10-11-12-13-14-23-19-27-26(28-20-23)24-16-15-22(18-25(24)29)17-21(3)5-2;1-4-6-7-8-9-10-11-12-13-22-18-26-25(27-19-22)23-15-14-21(17-24(23)28)16-20(3)5-2;1-4-6-7-8-9-10-11-12-21-17-25-24(26-18-21)22-14-13-20(16-23(22)27)15-19(3)5-2;1-4-6-7-8-9-10-11-20-16-24-23(25-17-20)21-13-12-19(15-22(21)26)14-18(3)5-2/h16-17,19-22,30H,4-15,18H2,1-3H3;15-16,18-21,29H,4-14,17H2,1-3H3;14-15,17-20,28H,4-13,16H2,1-3H3;13-14,16-19,27H,4-12,15H2,1-3H3;12-13,15-18,26H,4-11,14H2,1-3H3. The average molecular weight is 1990 g/mol. The van der Waals surface area contributed by atoms with Gasteiger partial charge in [-0.15, -0.1) is 63.1 Å². The molecular formula is C125H190N10S5. The number of hydrogen-bond donors (Lipinski definition) is 5. The lowest BCUT2D eigenvalue weighted by atomic mass is 9.98. The van der Waals surface area contributed by atoms with E-state index in [-0.39, 0.29) is 0 Å². The van der Waals surface area contributed by atoms with Gasteiger partial charge in [0.1, 0.15) is 0 Å². The summed E-state index contributed by atoms with van der Waals surface area (Å²) in [4.78, 5) is 50.9. The van der Waals surface area contributed by atoms with Crippen molar-refractivity contribution in [2.24, 2.45) is 29.6 Å². The highest BCUT2D eigenvalue weighted by molar-refractivity contribution is 7.81. The first-order valence-electron chi connectivity index (χ1n) is 56.3. The lowest BCUT2D eigenvalue weighted by Crippen LogP contribution is -1.99. The largest absolute Gasteiger partial charge is 0.236 e. The van der Waals surface area contributed by atoms with Crippen molar-refractivity contribution in [2.45, 2.75) is 481 Å². The second kappa shape index (κ2) is 75.9. The van der Waals surface area contributed by atoms with Gasteiger partial charge in [0.15, 0.2) is 29.1 Å². The number of hydrogen-bond acceptors (Lipinski definition) is 15. The van der Waals surface area contributed by atoms with Gasteiger partial charge in [0.05, 0.1) is 0 Å². The van der Waals surface area contributed by atoms with Crippen LogP contribution in [0.1, 0.15) is 448 Å². The molecule has 5 atom stereocenters. The molecular weight excluding hydrogens is 1800 g/mol. The number of benzene rings is 5. The lowest BCUT2D eigenvalue weighted by molar-refractivity contribution is 0.556. The summed E-state index contributed by atoms with van der Waals surface area (Å²) in [5.41, 5.74) is 18.0. The summed E-state index contributed by atoms with van der Waals surface area (Å²) in [7, 11) is 0. The number of rotatable bonds is 65. The molecule has 0 aliphatic heterocycles. The number of aromatic nitrogens is 10. The van der Waals surface area contributed by atoms with E-state index in [1.807, 2.05) is 62.0 Å². The highest BCUT2D eigenvalue weighted by atomic mass is 32.1. The van der Waals surface area contributed by atoms with E-state index in [4.69, 9.17) is 25.3 Å². The monoisotopic (exact) mass is 1990 g/mol. The first kappa shape index (κ1) is 122. The molecule has 140 heavy (non-hydrogen) atoms. The van der Waals surface area contributed by atoms with Gasteiger partial charge in [-0.3, -0.25) is 0 Å². The topological polar surface area (TPSA) is 129 Å². The molecule has 10 rings (SSSR count). The van der Waals surface area contributed by atoms with Gasteiger partial charge < -0.3 is 0 Å². The van der Waals surface area contributed by atoms with Crippen molar-refractivity contribution in [3.8, 4) is 56.9 Å². The Morgan fingerprint density at radius 1 is 0.171 bits per heavy atom. The van der Waals surface area contributed by atoms with Crippen LogP contribution in [0, 0.1) is 29.6 Å². The quantitative estimate of drug-likeness (QED) is 0.0186. The Bertz CT molecular complexity index is 4810. The van der Waals surface area contributed by atoms with Gasteiger partial charge in [-0.1, -0.05) is 391 Å². The van der Waals surface area contributed by atoms with E-state index in [1.54, 1.807) is 0 Å². The van der Waals surface area contributed by atoms with E-state index >= 15 is 0 Å². The van der Waals surface area contributed by atoms with Gasteiger partial charge in [-0.05, 0) is 242 Å². The van der Waals surface area contributed by atoms with Gasteiger partial charge in [0.2, 0.25) is 0 Å². The van der Waals surface area contributed by atoms with Crippen LogP contribution in [0.15, 0.2) is 177 Å². The smallest absolute Gasteiger partial charge is 0.160 e. The second-order valence-electron chi connectivity index (χ2n) is 41.0. The highest BCUT2D eigenvalue weighted by Crippen LogP contribution is 2.34. The fourth-order valence-corrected chi connectivity index (χ4v) is 19.3. The van der Waals surface area contributed by atoms with Crippen molar-refractivity contribution < 1.29 is 0 Å². The van der Waals surface area contributed by atoms with Crippen LogP contribution in [0.25, 0.3) is 56.9 Å². The first-order valence-corrected chi connectivity index (χ1v) is 58.6. The fourth-order valence-electron chi connectivity index (χ4n) is 17.6.